The number of anilines is 2. The molecule has 0 unspecified atom stereocenters. The van der Waals surface area contributed by atoms with Crippen LogP contribution >= 0.6 is 0 Å². The molecule has 0 amide bonds. The molecule has 0 saturated carbocycles. The Morgan fingerprint density at radius 1 is 1.05 bits per heavy atom. The molecule has 112 valence electrons. The number of hydrogen-bond donors (Lipinski definition) is 3. The lowest BCUT2D eigenvalue weighted by atomic mass is 10.0. The molecule has 5 heteroatoms. The molecular formula is C16H23N5. The fourth-order valence-electron chi connectivity index (χ4n) is 2.15. The summed E-state index contributed by atoms with van der Waals surface area (Å²) < 4.78 is 0. The van der Waals surface area contributed by atoms with E-state index >= 15 is 0 Å². The summed E-state index contributed by atoms with van der Waals surface area (Å²) in [6.07, 6.45) is 2.31. The fraction of sp³-hybridized carbons (Fsp3) is 0.375. The third kappa shape index (κ3) is 4.16. The summed E-state index contributed by atoms with van der Waals surface area (Å²) in [5.41, 5.74) is 3.57. The number of nitrogens with two attached hydrogens (primary N) is 1. The molecule has 0 aliphatic heterocycles. The number of nitrogens with zero attached hydrogens (tertiary/aromatic N) is 2. The number of hydrazine groups is 1. The Labute approximate surface area is 126 Å². The monoisotopic (exact) mass is 285 g/mol. The summed E-state index contributed by atoms with van der Waals surface area (Å²) in [4.78, 5) is 8.98. The number of aromatic nitrogens is 2. The van der Waals surface area contributed by atoms with Crippen LogP contribution in [0.2, 0.25) is 0 Å². The van der Waals surface area contributed by atoms with Crippen LogP contribution in [-0.2, 0) is 0 Å². The molecule has 2 aromatic rings. The summed E-state index contributed by atoms with van der Waals surface area (Å²) in [5, 5.41) is 3.38. The smallest absolute Gasteiger partial charge is 0.163 e. The van der Waals surface area contributed by atoms with Crippen LogP contribution in [0.4, 0.5) is 11.6 Å². The summed E-state index contributed by atoms with van der Waals surface area (Å²) in [6.45, 7) is 5.32. The molecule has 4 N–H and O–H groups in total. The molecular weight excluding hydrogens is 262 g/mol. The molecule has 0 saturated heterocycles. The Morgan fingerprint density at radius 3 is 2.33 bits per heavy atom. The van der Waals surface area contributed by atoms with Crippen LogP contribution in [0.5, 0.6) is 0 Å². The minimum Gasteiger partial charge on any atom is -0.370 e. The van der Waals surface area contributed by atoms with Crippen molar-refractivity contribution in [3.8, 4) is 11.4 Å². The molecule has 0 atom stereocenters. The maximum Gasteiger partial charge on any atom is 0.163 e. The first-order chi connectivity index (χ1) is 10.3. The summed E-state index contributed by atoms with van der Waals surface area (Å²) in [6, 6.07) is 11.7. The Kier molecular flexibility index (Phi) is 5.51. The van der Waals surface area contributed by atoms with E-state index in [1.165, 1.54) is 0 Å². The highest BCUT2D eigenvalue weighted by Gasteiger charge is 2.08. The summed E-state index contributed by atoms with van der Waals surface area (Å²) >= 11 is 0. The average Bonchev–Trinajstić information content (AvgIpc) is 2.56. The van der Waals surface area contributed by atoms with Crippen LogP contribution in [0.15, 0.2) is 36.4 Å². The fourth-order valence-corrected chi connectivity index (χ4v) is 2.15. The molecule has 1 heterocycles. The van der Waals surface area contributed by atoms with Crippen molar-refractivity contribution in [2.45, 2.75) is 26.7 Å². The third-order valence-corrected chi connectivity index (χ3v) is 3.63. The number of benzene rings is 1. The van der Waals surface area contributed by atoms with E-state index in [2.05, 4.69) is 34.6 Å². The van der Waals surface area contributed by atoms with Gasteiger partial charge in [-0.2, -0.15) is 0 Å². The van der Waals surface area contributed by atoms with Crippen molar-refractivity contribution in [1.29, 1.82) is 0 Å². The van der Waals surface area contributed by atoms with E-state index < -0.39 is 0 Å². The number of nitrogens with one attached hydrogen (secondary N) is 2. The predicted molar refractivity (Wildman–Crippen MR) is 87.8 cm³/mol. The Balaban J connectivity index is 2.22. The highest BCUT2D eigenvalue weighted by molar-refractivity contribution is 5.60. The van der Waals surface area contributed by atoms with Crippen LogP contribution in [0, 0.1) is 5.92 Å². The van der Waals surface area contributed by atoms with E-state index in [9.17, 15) is 0 Å². The minimum absolute atomic E-state index is 0.607. The minimum atomic E-state index is 0.607. The van der Waals surface area contributed by atoms with Gasteiger partial charge < -0.3 is 10.7 Å². The van der Waals surface area contributed by atoms with Gasteiger partial charge >= 0.3 is 0 Å². The Bertz CT molecular complexity index is 552. The van der Waals surface area contributed by atoms with Gasteiger partial charge in [-0.15, -0.1) is 0 Å². The molecule has 0 spiro atoms. The zero-order chi connectivity index (χ0) is 15.1. The van der Waals surface area contributed by atoms with Gasteiger partial charge in [0.1, 0.15) is 11.6 Å². The summed E-state index contributed by atoms with van der Waals surface area (Å²) in [5.74, 6) is 8.22. The van der Waals surface area contributed by atoms with E-state index in [4.69, 9.17) is 5.84 Å². The van der Waals surface area contributed by atoms with Crippen molar-refractivity contribution in [1.82, 2.24) is 9.97 Å². The second kappa shape index (κ2) is 7.59. The second-order valence-corrected chi connectivity index (χ2v) is 5.04. The lowest BCUT2D eigenvalue weighted by Crippen LogP contribution is -2.15. The summed E-state index contributed by atoms with van der Waals surface area (Å²) in [7, 11) is 0. The van der Waals surface area contributed by atoms with Crippen molar-refractivity contribution in [3.05, 3.63) is 36.4 Å². The van der Waals surface area contributed by atoms with Gasteiger partial charge in [0.2, 0.25) is 0 Å². The van der Waals surface area contributed by atoms with Gasteiger partial charge in [-0.05, 0) is 5.92 Å². The molecule has 21 heavy (non-hydrogen) atoms. The maximum atomic E-state index is 5.51. The predicted octanol–water partition coefficient (Wildman–Crippen LogP) is 3.28. The number of nitrogen functional groups attached to an aromatic ring is 1. The Morgan fingerprint density at radius 2 is 1.71 bits per heavy atom. The highest BCUT2D eigenvalue weighted by atomic mass is 15.3. The van der Waals surface area contributed by atoms with Crippen molar-refractivity contribution in [3.63, 3.8) is 0 Å². The zero-order valence-electron chi connectivity index (χ0n) is 12.6. The first kappa shape index (κ1) is 15.3. The van der Waals surface area contributed by atoms with Crippen molar-refractivity contribution >= 4 is 11.6 Å². The van der Waals surface area contributed by atoms with Crippen molar-refractivity contribution in [2.75, 3.05) is 17.3 Å². The molecule has 5 nitrogen and oxygen atoms in total. The van der Waals surface area contributed by atoms with E-state index in [-0.39, 0.29) is 0 Å². The van der Waals surface area contributed by atoms with Crippen molar-refractivity contribution in [2.24, 2.45) is 11.8 Å². The lowest BCUT2D eigenvalue weighted by Gasteiger charge is -2.15. The standard InChI is InChI=1S/C16H23N5/c1-3-12(4-2)11-18-14-10-15(21-17)20-16(19-14)13-8-6-5-7-9-13/h5-10,12H,3-4,11,17H2,1-2H3,(H2,18,19,20,21). The molecule has 1 aromatic carbocycles. The topological polar surface area (TPSA) is 75.9 Å². The van der Waals surface area contributed by atoms with E-state index in [1.807, 2.05) is 36.4 Å². The molecule has 0 bridgehead atoms. The van der Waals surface area contributed by atoms with E-state index in [0.29, 0.717) is 17.6 Å². The molecule has 2 rings (SSSR count). The SMILES string of the molecule is CCC(CC)CNc1cc(NN)nc(-c2ccccc2)n1. The van der Waals surface area contributed by atoms with Crippen LogP contribution < -0.4 is 16.6 Å². The molecule has 1 aromatic heterocycles. The largest absolute Gasteiger partial charge is 0.370 e. The van der Waals surface area contributed by atoms with Gasteiger partial charge in [0.25, 0.3) is 0 Å². The highest BCUT2D eigenvalue weighted by Crippen LogP contribution is 2.20. The van der Waals surface area contributed by atoms with Gasteiger partial charge in [0.15, 0.2) is 5.82 Å². The van der Waals surface area contributed by atoms with Crippen molar-refractivity contribution < 1.29 is 0 Å². The molecule has 0 aliphatic carbocycles. The van der Waals surface area contributed by atoms with Gasteiger partial charge in [0, 0.05) is 18.2 Å². The van der Waals surface area contributed by atoms with Crippen LogP contribution in [-0.4, -0.2) is 16.5 Å². The van der Waals surface area contributed by atoms with E-state index in [1.54, 1.807) is 0 Å². The average molecular weight is 285 g/mol. The Hall–Kier alpha value is -2.14. The quantitative estimate of drug-likeness (QED) is 0.537. The second-order valence-electron chi connectivity index (χ2n) is 5.04. The van der Waals surface area contributed by atoms with Gasteiger partial charge in [-0.1, -0.05) is 57.0 Å². The lowest BCUT2D eigenvalue weighted by molar-refractivity contribution is 0.518. The van der Waals surface area contributed by atoms with Gasteiger partial charge in [-0.25, -0.2) is 15.8 Å². The van der Waals surface area contributed by atoms with Gasteiger partial charge in [-0.3, -0.25) is 0 Å². The van der Waals surface area contributed by atoms with Crippen LogP contribution in [0.3, 0.4) is 0 Å². The third-order valence-electron chi connectivity index (χ3n) is 3.63. The van der Waals surface area contributed by atoms with Crippen LogP contribution in [0.1, 0.15) is 26.7 Å². The first-order valence-corrected chi connectivity index (χ1v) is 7.41. The maximum absolute atomic E-state index is 5.51. The molecule has 0 aliphatic rings. The normalized spacial score (nSPS) is 10.7. The first-order valence-electron chi connectivity index (χ1n) is 7.41. The zero-order valence-corrected chi connectivity index (χ0v) is 12.6. The number of hydrogen-bond acceptors (Lipinski definition) is 5. The van der Waals surface area contributed by atoms with Gasteiger partial charge in [0.05, 0.1) is 0 Å². The number of rotatable bonds is 7. The van der Waals surface area contributed by atoms with Crippen LogP contribution in [0.25, 0.3) is 11.4 Å². The van der Waals surface area contributed by atoms with E-state index in [0.717, 1.165) is 30.8 Å². The molecule has 0 radical (unpaired) electrons. The molecule has 0 fully saturated rings.